The van der Waals surface area contributed by atoms with Gasteiger partial charge in [-0.25, -0.2) is 8.42 Å². The molecule has 3 aromatic rings. The molecule has 3 rings (SSSR count). The molecule has 3 aromatic carbocycles. The molecule has 6 nitrogen and oxygen atoms in total. The Labute approximate surface area is 192 Å². The van der Waals surface area contributed by atoms with Gasteiger partial charge in [0.2, 0.25) is 0 Å². The van der Waals surface area contributed by atoms with Crippen molar-refractivity contribution < 1.29 is 31.2 Å². The molecule has 0 heterocycles. The fourth-order valence-corrected chi connectivity index (χ4v) is 4.15. The Morgan fingerprint density at radius 2 is 1.36 bits per heavy atom. The van der Waals surface area contributed by atoms with Crippen molar-refractivity contribution in [2.75, 3.05) is 16.9 Å². The van der Waals surface area contributed by atoms with Crippen molar-refractivity contribution >= 4 is 44.6 Å². The van der Waals surface area contributed by atoms with Gasteiger partial charge in [0.05, 0.1) is 15.5 Å². The Balaban J connectivity index is 1.78. The summed E-state index contributed by atoms with van der Waals surface area (Å²) in [6.45, 7) is 0. The van der Waals surface area contributed by atoms with Crippen LogP contribution >= 0.6 is 11.6 Å². The Morgan fingerprint density at radius 1 is 0.818 bits per heavy atom. The van der Waals surface area contributed by atoms with Crippen LogP contribution in [0.25, 0.3) is 0 Å². The van der Waals surface area contributed by atoms with E-state index in [4.69, 9.17) is 11.6 Å². The third kappa shape index (κ3) is 6.11. The Hall–Kier alpha value is -3.37. The zero-order valence-electron chi connectivity index (χ0n) is 16.9. The average molecular weight is 497 g/mol. The third-order valence-corrected chi connectivity index (χ3v) is 6.00. The Kier molecular flexibility index (Phi) is 6.80. The highest BCUT2D eigenvalue weighted by Crippen LogP contribution is 2.31. The minimum absolute atomic E-state index is 0.0256. The van der Waals surface area contributed by atoms with Crippen molar-refractivity contribution in [2.24, 2.45) is 0 Å². The minimum atomic E-state index is -4.55. The van der Waals surface area contributed by atoms with Crippen molar-refractivity contribution in [3.63, 3.8) is 0 Å². The minimum Gasteiger partial charge on any atom is -0.322 e. The molecule has 0 aliphatic heterocycles. The van der Waals surface area contributed by atoms with Crippen LogP contribution in [0.1, 0.15) is 26.3 Å². The molecule has 11 heteroatoms. The number of alkyl halides is 3. The van der Waals surface area contributed by atoms with Crippen molar-refractivity contribution in [2.45, 2.75) is 11.1 Å². The van der Waals surface area contributed by atoms with Gasteiger partial charge in [0, 0.05) is 28.8 Å². The van der Waals surface area contributed by atoms with Gasteiger partial charge in [-0.3, -0.25) is 9.59 Å². The fourth-order valence-electron chi connectivity index (χ4n) is 2.85. The predicted molar refractivity (Wildman–Crippen MR) is 118 cm³/mol. The largest absolute Gasteiger partial charge is 0.416 e. The van der Waals surface area contributed by atoms with Crippen LogP contribution in [0.2, 0.25) is 5.02 Å². The summed E-state index contributed by atoms with van der Waals surface area (Å²) in [4.78, 5) is 24.8. The highest BCUT2D eigenvalue weighted by Gasteiger charge is 2.30. The first-order valence-corrected chi connectivity index (χ1v) is 11.5. The molecule has 0 spiro atoms. The lowest BCUT2D eigenvalue weighted by Crippen LogP contribution is -2.15. The third-order valence-electron chi connectivity index (χ3n) is 4.42. The molecule has 0 atom stereocenters. The lowest BCUT2D eigenvalue weighted by atomic mass is 10.1. The van der Waals surface area contributed by atoms with E-state index in [-0.39, 0.29) is 32.4 Å². The number of anilines is 2. The monoisotopic (exact) mass is 496 g/mol. The summed E-state index contributed by atoms with van der Waals surface area (Å²) in [6.07, 6.45) is -3.59. The van der Waals surface area contributed by atoms with Gasteiger partial charge in [-0.2, -0.15) is 13.2 Å². The number of amides is 2. The van der Waals surface area contributed by atoms with Crippen LogP contribution in [-0.4, -0.2) is 26.5 Å². The fraction of sp³-hybridized carbons (Fsp3) is 0.0909. The summed E-state index contributed by atoms with van der Waals surface area (Å²) < 4.78 is 62.2. The number of carbonyl (C=O) groups excluding carboxylic acids is 2. The molecule has 2 amide bonds. The van der Waals surface area contributed by atoms with E-state index in [0.29, 0.717) is 0 Å². The summed E-state index contributed by atoms with van der Waals surface area (Å²) in [6, 6.07) is 13.7. The maximum absolute atomic E-state index is 12.9. The number of carbonyl (C=O) groups is 2. The van der Waals surface area contributed by atoms with Crippen LogP contribution in [0.15, 0.2) is 71.6 Å². The lowest BCUT2D eigenvalue weighted by molar-refractivity contribution is -0.137. The molecule has 33 heavy (non-hydrogen) atoms. The standard InChI is InChI=1S/C22H16ClF3N2O4S/c1-33(31,32)19-11-14(8-9-18(19)23)21(30)27-16-6-2-4-13(10-16)20(29)28-17-7-3-5-15(12-17)22(24,25)26/h2-12H,1H3,(H,27,30)(H,28,29). The number of sulfone groups is 1. The van der Waals surface area contributed by atoms with E-state index < -0.39 is 33.4 Å². The summed E-state index contributed by atoms with van der Waals surface area (Å²) in [5.41, 5.74) is -0.624. The topological polar surface area (TPSA) is 92.3 Å². The van der Waals surface area contributed by atoms with Crippen molar-refractivity contribution in [3.8, 4) is 0 Å². The second-order valence-electron chi connectivity index (χ2n) is 6.98. The van der Waals surface area contributed by atoms with E-state index in [1.54, 1.807) is 0 Å². The molecule has 0 aromatic heterocycles. The zero-order chi connectivity index (χ0) is 24.4. The SMILES string of the molecule is CS(=O)(=O)c1cc(C(=O)Nc2cccc(C(=O)Nc3cccc(C(F)(F)F)c3)c2)ccc1Cl. The molecule has 0 radical (unpaired) electrons. The quantitative estimate of drug-likeness (QED) is 0.503. The maximum Gasteiger partial charge on any atom is 0.416 e. The zero-order valence-corrected chi connectivity index (χ0v) is 18.5. The molecule has 2 N–H and O–H groups in total. The molecule has 0 saturated carbocycles. The normalized spacial score (nSPS) is 11.7. The highest BCUT2D eigenvalue weighted by atomic mass is 35.5. The van der Waals surface area contributed by atoms with Crippen molar-refractivity contribution in [1.82, 2.24) is 0 Å². The van der Waals surface area contributed by atoms with E-state index in [1.165, 1.54) is 48.5 Å². The van der Waals surface area contributed by atoms with Gasteiger partial charge in [0.1, 0.15) is 0 Å². The van der Waals surface area contributed by atoms with E-state index in [1.807, 2.05) is 0 Å². The van der Waals surface area contributed by atoms with Crippen LogP contribution < -0.4 is 10.6 Å². The van der Waals surface area contributed by atoms with Gasteiger partial charge in [0.15, 0.2) is 9.84 Å². The first-order valence-electron chi connectivity index (χ1n) is 9.24. The summed E-state index contributed by atoms with van der Waals surface area (Å²) in [5, 5.41) is 4.89. The molecular formula is C22H16ClF3N2O4S. The first-order chi connectivity index (χ1) is 15.3. The number of hydrogen-bond donors (Lipinski definition) is 2. The Morgan fingerprint density at radius 3 is 1.94 bits per heavy atom. The number of benzene rings is 3. The van der Waals surface area contributed by atoms with Crippen molar-refractivity contribution in [1.29, 1.82) is 0 Å². The van der Waals surface area contributed by atoms with E-state index in [0.717, 1.165) is 24.5 Å². The van der Waals surface area contributed by atoms with E-state index >= 15 is 0 Å². The van der Waals surface area contributed by atoms with Crippen LogP contribution in [0, 0.1) is 0 Å². The van der Waals surface area contributed by atoms with Crippen molar-refractivity contribution in [3.05, 3.63) is 88.4 Å². The summed E-state index contributed by atoms with van der Waals surface area (Å²) in [7, 11) is -3.66. The number of halogens is 4. The smallest absolute Gasteiger partial charge is 0.322 e. The predicted octanol–water partition coefficient (Wildman–Crippen LogP) is 5.27. The summed E-state index contributed by atoms with van der Waals surface area (Å²) in [5.74, 6) is -1.33. The number of rotatable bonds is 5. The van der Waals surface area contributed by atoms with E-state index in [9.17, 15) is 31.2 Å². The molecular weight excluding hydrogens is 481 g/mol. The molecule has 0 saturated heterocycles. The van der Waals surface area contributed by atoms with Gasteiger partial charge in [-0.1, -0.05) is 23.7 Å². The first kappa shape index (κ1) is 24.3. The average Bonchev–Trinajstić information content (AvgIpc) is 2.73. The lowest BCUT2D eigenvalue weighted by Gasteiger charge is -2.11. The molecule has 0 unspecified atom stereocenters. The van der Waals surface area contributed by atoms with Crippen LogP contribution in [0.5, 0.6) is 0 Å². The second kappa shape index (κ2) is 9.24. The molecule has 0 aliphatic rings. The number of hydrogen-bond acceptors (Lipinski definition) is 4. The molecule has 0 fully saturated rings. The van der Waals surface area contributed by atoms with Gasteiger partial charge in [0.25, 0.3) is 11.8 Å². The maximum atomic E-state index is 12.9. The highest BCUT2D eigenvalue weighted by molar-refractivity contribution is 7.90. The number of nitrogens with one attached hydrogen (secondary N) is 2. The molecule has 0 bridgehead atoms. The van der Waals surface area contributed by atoms with Gasteiger partial charge < -0.3 is 10.6 Å². The Bertz CT molecular complexity index is 1340. The van der Waals surface area contributed by atoms with Gasteiger partial charge in [-0.05, 0) is 54.6 Å². The van der Waals surface area contributed by atoms with Gasteiger partial charge in [-0.15, -0.1) is 0 Å². The second-order valence-corrected chi connectivity index (χ2v) is 9.38. The van der Waals surface area contributed by atoms with E-state index in [2.05, 4.69) is 10.6 Å². The van der Waals surface area contributed by atoms with Gasteiger partial charge >= 0.3 is 6.18 Å². The van der Waals surface area contributed by atoms with Crippen LogP contribution in [0.3, 0.4) is 0 Å². The van der Waals surface area contributed by atoms with Crippen LogP contribution in [-0.2, 0) is 16.0 Å². The van der Waals surface area contributed by atoms with Crippen LogP contribution in [0.4, 0.5) is 24.5 Å². The molecule has 0 aliphatic carbocycles. The summed E-state index contributed by atoms with van der Waals surface area (Å²) >= 11 is 5.88. The molecule has 172 valence electrons.